The number of aromatic nitrogens is 1. The molecule has 0 spiro atoms. The van der Waals surface area contributed by atoms with Crippen LogP contribution in [-0.2, 0) is 9.47 Å². The molecule has 1 aliphatic rings. The normalized spacial score (nSPS) is 13.3. The number of hydrogen-bond acceptors (Lipinski definition) is 5. The molecule has 1 N–H and O–H groups in total. The average Bonchev–Trinajstić information content (AvgIpc) is 2.78. The Morgan fingerprint density at radius 2 is 1.90 bits per heavy atom. The molecule has 4 rings (SSSR count). The fourth-order valence-electron chi connectivity index (χ4n) is 3.23. The summed E-state index contributed by atoms with van der Waals surface area (Å²) in [6.07, 6.45) is 3.91. The van der Waals surface area contributed by atoms with Crippen LogP contribution in [0.25, 0.3) is 16.7 Å². The zero-order chi connectivity index (χ0) is 20.2. The van der Waals surface area contributed by atoms with Gasteiger partial charge in [-0.25, -0.2) is 9.78 Å². The zero-order valence-electron chi connectivity index (χ0n) is 16.0. The third-order valence-electron chi connectivity index (χ3n) is 4.71. The highest BCUT2D eigenvalue weighted by Gasteiger charge is 2.17. The van der Waals surface area contributed by atoms with Gasteiger partial charge in [-0.2, -0.15) is 0 Å². The van der Waals surface area contributed by atoms with E-state index in [4.69, 9.17) is 9.47 Å². The van der Waals surface area contributed by atoms with Crippen LogP contribution in [0.3, 0.4) is 0 Å². The Morgan fingerprint density at radius 1 is 1.10 bits per heavy atom. The Balaban J connectivity index is 1.67. The number of para-hydroxylation sites is 1. The molecule has 2 aromatic carbocycles. The lowest BCUT2D eigenvalue weighted by atomic mass is 10.0. The van der Waals surface area contributed by atoms with Crippen LogP contribution in [0.4, 0.5) is 5.69 Å². The minimum Gasteiger partial charge on any atom is -0.492 e. The first-order valence-corrected chi connectivity index (χ1v) is 9.38. The smallest absolute Gasteiger partial charge is 0.337 e. The fourth-order valence-corrected chi connectivity index (χ4v) is 3.23. The summed E-state index contributed by atoms with van der Waals surface area (Å²) in [4.78, 5) is 29.3. The van der Waals surface area contributed by atoms with Gasteiger partial charge in [0.15, 0.2) is 0 Å². The Hall–Kier alpha value is -3.67. The van der Waals surface area contributed by atoms with Crippen molar-refractivity contribution in [1.29, 1.82) is 0 Å². The van der Waals surface area contributed by atoms with Crippen LogP contribution in [0, 0.1) is 0 Å². The maximum atomic E-state index is 13.0. The molecule has 0 bridgehead atoms. The van der Waals surface area contributed by atoms with Gasteiger partial charge in [0.25, 0.3) is 5.91 Å². The predicted octanol–water partition coefficient (Wildman–Crippen LogP) is 4.43. The van der Waals surface area contributed by atoms with Gasteiger partial charge in [0.2, 0.25) is 0 Å². The highest BCUT2D eigenvalue weighted by molar-refractivity contribution is 6.12. The van der Waals surface area contributed by atoms with E-state index >= 15 is 0 Å². The number of pyridine rings is 1. The number of rotatable bonds is 4. The van der Waals surface area contributed by atoms with Gasteiger partial charge in [-0.05, 0) is 55.3 Å². The van der Waals surface area contributed by atoms with E-state index in [1.165, 1.54) is 7.11 Å². The van der Waals surface area contributed by atoms with Gasteiger partial charge in [-0.1, -0.05) is 18.2 Å². The molecule has 0 fully saturated rings. The van der Waals surface area contributed by atoms with E-state index in [9.17, 15) is 9.59 Å². The molecule has 0 atom stereocenters. The van der Waals surface area contributed by atoms with Crippen molar-refractivity contribution in [2.45, 2.75) is 12.8 Å². The van der Waals surface area contributed by atoms with Gasteiger partial charge >= 0.3 is 5.97 Å². The van der Waals surface area contributed by atoms with Crippen molar-refractivity contribution in [2.24, 2.45) is 0 Å². The van der Waals surface area contributed by atoms with E-state index in [2.05, 4.69) is 10.3 Å². The summed E-state index contributed by atoms with van der Waals surface area (Å²) in [5.41, 5.74) is 2.89. The Morgan fingerprint density at radius 3 is 2.62 bits per heavy atom. The lowest BCUT2D eigenvalue weighted by Crippen LogP contribution is -2.14. The number of nitrogens with one attached hydrogen (secondary N) is 1. The minimum atomic E-state index is -0.423. The first-order chi connectivity index (χ1) is 14.2. The highest BCUT2D eigenvalue weighted by atomic mass is 16.5. The van der Waals surface area contributed by atoms with Gasteiger partial charge in [-0.15, -0.1) is 0 Å². The molecule has 6 heteroatoms. The number of fused-ring (bicyclic) bond motifs is 1. The standard InChI is InChI=1S/C23H20N2O4/c1-28-23(27)15-9-11-16(12-10-15)24-22(26)18-14-20(21-8-4-5-13-29-21)25-19-7-3-2-6-17(18)19/h2-3,6-12,14H,4-5,13H2,1H3,(H,24,26). The van der Waals surface area contributed by atoms with Crippen LogP contribution in [0.1, 0.15) is 39.3 Å². The maximum Gasteiger partial charge on any atom is 0.337 e. The lowest BCUT2D eigenvalue weighted by molar-refractivity contribution is 0.0600. The van der Waals surface area contributed by atoms with Crippen LogP contribution in [0.15, 0.2) is 60.7 Å². The van der Waals surface area contributed by atoms with Crippen LogP contribution in [-0.4, -0.2) is 30.6 Å². The molecule has 29 heavy (non-hydrogen) atoms. The summed E-state index contributed by atoms with van der Waals surface area (Å²) < 4.78 is 10.4. The number of benzene rings is 2. The van der Waals surface area contributed by atoms with Crippen LogP contribution in [0.2, 0.25) is 0 Å². The van der Waals surface area contributed by atoms with E-state index in [0.29, 0.717) is 34.9 Å². The van der Waals surface area contributed by atoms with E-state index in [1.54, 1.807) is 30.3 Å². The summed E-state index contributed by atoms with van der Waals surface area (Å²) in [6, 6.07) is 15.8. The number of anilines is 1. The number of allylic oxidation sites excluding steroid dienone is 1. The highest BCUT2D eigenvalue weighted by Crippen LogP contribution is 2.26. The number of hydrogen-bond donors (Lipinski definition) is 1. The quantitative estimate of drug-likeness (QED) is 0.669. The van der Waals surface area contributed by atoms with Crippen LogP contribution in [0.5, 0.6) is 0 Å². The monoisotopic (exact) mass is 388 g/mol. The van der Waals surface area contributed by atoms with Gasteiger partial charge in [0.1, 0.15) is 11.5 Å². The number of ether oxygens (including phenoxy) is 2. The molecular formula is C23H20N2O4. The molecule has 0 saturated heterocycles. The Bertz CT molecular complexity index is 1100. The lowest BCUT2D eigenvalue weighted by Gasteiger charge is -2.16. The molecule has 1 aromatic heterocycles. The van der Waals surface area contributed by atoms with E-state index in [0.717, 1.165) is 23.7 Å². The van der Waals surface area contributed by atoms with Crippen molar-refractivity contribution in [3.63, 3.8) is 0 Å². The molecule has 6 nitrogen and oxygen atoms in total. The summed E-state index contributed by atoms with van der Waals surface area (Å²) >= 11 is 0. The second-order valence-corrected chi connectivity index (χ2v) is 6.65. The zero-order valence-corrected chi connectivity index (χ0v) is 16.0. The van der Waals surface area contributed by atoms with Crippen molar-refractivity contribution in [1.82, 2.24) is 4.98 Å². The Labute approximate surface area is 168 Å². The molecular weight excluding hydrogens is 368 g/mol. The molecule has 0 saturated carbocycles. The van der Waals surface area contributed by atoms with Gasteiger partial charge in [0.05, 0.1) is 30.4 Å². The van der Waals surface area contributed by atoms with Gasteiger partial charge in [-0.3, -0.25) is 4.79 Å². The summed E-state index contributed by atoms with van der Waals surface area (Å²) in [5, 5.41) is 3.65. The van der Waals surface area contributed by atoms with E-state index in [1.807, 2.05) is 30.3 Å². The van der Waals surface area contributed by atoms with Crippen molar-refractivity contribution in [3.8, 4) is 0 Å². The molecule has 1 aliphatic heterocycles. The molecule has 2 heterocycles. The average molecular weight is 388 g/mol. The number of esters is 1. The topological polar surface area (TPSA) is 77.5 Å². The second kappa shape index (κ2) is 8.14. The molecule has 146 valence electrons. The van der Waals surface area contributed by atoms with Crippen molar-refractivity contribution in [3.05, 3.63) is 77.5 Å². The molecule has 0 aliphatic carbocycles. The molecule has 1 amide bonds. The van der Waals surface area contributed by atoms with Gasteiger partial charge < -0.3 is 14.8 Å². The number of nitrogens with zero attached hydrogens (tertiary/aromatic N) is 1. The number of methoxy groups -OCH3 is 1. The largest absolute Gasteiger partial charge is 0.492 e. The molecule has 3 aromatic rings. The first kappa shape index (κ1) is 18.7. The Kier molecular flexibility index (Phi) is 5.24. The third kappa shape index (κ3) is 3.96. The van der Waals surface area contributed by atoms with Crippen molar-refractivity contribution < 1.29 is 19.1 Å². The second-order valence-electron chi connectivity index (χ2n) is 6.65. The number of carbonyl (C=O) groups excluding carboxylic acids is 2. The summed E-state index contributed by atoms with van der Waals surface area (Å²) in [5.74, 6) is 0.0268. The van der Waals surface area contributed by atoms with Crippen molar-refractivity contribution in [2.75, 3.05) is 19.0 Å². The molecule has 0 radical (unpaired) electrons. The van der Waals surface area contributed by atoms with Gasteiger partial charge in [0, 0.05) is 11.1 Å². The first-order valence-electron chi connectivity index (χ1n) is 9.38. The summed E-state index contributed by atoms with van der Waals surface area (Å²) in [6.45, 7) is 0.647. The number of carbonyl (C=O) groups is 2. The van der Waals surface area contributed by atoms with Crippen LogP contribution < -0.4 is 5.32 Å². The minimum absolute atomic E-state index is 0.257. The summed E-state index contributed by atoms with van der Waals surface area (Å²) in [7, 11) is 1.33. The SMILES string of the molecule is COC(=O)c1ccc(NC(=O)c2cc(C3=CCCCO3)nc3ccccc23)cc1. The van der Waals surface area contributed by atoms with Crippen molar-refractivity contribution >= 4 is 34.2 Å². The fraction of sp³-hybridized carbons (Fsp3) is 0.174. The molecule has 0 unspecified atom stereocenters. The van der Waals surface area contributed by atoms with E-state index < -0.39 is 5.97 Å². The number of amides is 1. The van der Waals surface area contributed by atoms with E-state index in [-0.39, 0.29) is 5.91 Å². The third-order valence-corrected chi connectivity index (χ3v) is 4.71. The van der Waals surface area contributed by atoms with Crippen LogP contribution >= 0.6 is 0 Å². The maximum absolute atomic E-state index is 13.0. The predicted molar refractivity (Wildman–Crippen MR) is 111 cm³/mol.